The fraction of sp³-hybridized carbons (Fsp3) is 0.600. The van der Waals surface area contributed by atoms with Crippen molar-refractivity contribution in [3.8, 4) is 0 Å². The van der Waals surface area contributed by atoms with Gasteiger partial charge in [0, 0.05) is 12.7 Å². The molecule has 0 radical (unpaired) electrons. The van der Waals surface area contributed by atoms with Crippen LogP contribution >= 0.6 is 0 Å². The van der Waals surface area contributed by atoms with Crippen LogP contribution in [0.25, 0.3) is 0 Å². The molecule has 25 heavy (non-hydrogen) atoms. The third-order valence-electron chi connectivity index (χ3n) is 4.41. The zero-order valence-corrected chi connectivity index (χ0v) is 17.0. The van der Waals surface area contributed by atoms with Crippen LogP contribution in [0.4, 0.5) is 0 Å². The maximum absolute atomic E-state index is 11.7. The molecule has 3 atom stereocenters. The molecular weight excluding hydrogens is 336 g/mol. The monoisotopic (exact) mass is 368 g/mol. The molecule has 4 nitrogen and oxygen atoms in total. The summed E-state index contributed by atoms with van der Waals surface area (Å²) in [6, 6.07) is 9.81. The third kappa shape index (κ3) is 7.72. The van der Waals surface area contributed by atoms with E-state index in [2.05, 4.69) is 0 Å². The fourth-order valence-electron chi connectivity index (χ4n) is 2.31. The Bertz CT molecular complexity index is 657. The lowest BCUT2D eigenvalue weighted by Gasteiger charge is -2.30. The predicted octanol–water partition coefficient (Wildman–Crippen LogP) is 3.75. The first-order valence-electron chi connectivity index (χ1n) is 8.62. The molecule has 1 rings (SSSR count). The van der Waals surface area contributed by atoms with Crippen molar-refractivity contribution in [3.05, 3.63) is 47.5 Å². The highest BCUT2D eigenvalue weighted by atomic mass is 32.2. The smallest absolute Gasteiger partial charge is 0.153 e. The van der Waals surface area contributed by atoms with Crippen molar-refractivity contribution >= 4 is 9.84 Å². The van der Waals surface area contributed by atoms with Crippen molar-refractivity contribution in [2.45, 2.75) is 65.1 Å². The largest absolute Gasteiger partial charge is 0.392 e. The Morgan fingerprint density at radius 1 is 1.24 bits per heavy atom. The standard InChI is InChI=1S/C20H32O4S/c1-15(12-16(2)25(6,22)23)18(13-19(21)20(3,4)5)24-14-17-10-8-7-9-11-17/h7-12,16,18-19,21H,13-14H2,1-6H3/b15-12+/t16-,18-,19-/m1/s1. The summed E-state index contributed by atoms with van der Waals surface area (Å²) in [5, 5.41) is 9.89. The normalized spacial score (nSPS) is 17.2. The van der Waals surface area contributed by atoms with Gasteiger partial charge < -0.3 is 9.84 Å². The van der Waals surface area contributed by atoms with Crippen molar-refractivity contribution in [1.29, 1.82) is 0 Å². The second kappa shape index (κ2) is 8.97. The zero-order valence-electron chi connectivity index (χ0n) is 16.2. The lowest BCUT2D eigenvalue weighted by Crippen LogP contribution is -2.32. The van der Waals surface area contributed by atoms with Gasteiger partial charge in [-0.15, -0.1) is 0 Å². The van der Waals surface area contributed by atoms with Gasteiger partial charge in [0.05, 0.1) is 24.1 Å². The van der Waals surface area contributed by atoms with E-state index in [0.29, 0.717) is 13.0 Å². The molecule has 1 aromatic rings. The summed E-state index contributed by atoms with van der Waals surface area (Å²) in [6.45, 7) is 9.87. The van der Waals surface area contributed by atoms with Gasteiger partial charge in [0.15, 0.2) is 9.84 Å². The van der Waals surface area contributed by atoms with Gasteiger partial charge in [-0.05, 0) is 30.4 Å². The van der Waals surface area contributed by atoms with Crippen molar-refractivity contribution < 1.29 is 18.3 Å². The first-order chi connectivity index (χ1) is 11.4. The zero-order chi connectivity index (χ0) is 19.3. The minimum atomic E-state index is -3.15. The van der Waals surface area contributed by atoms with E-state index in [4.69, 9.17) is 4.74 Å². The molecule has 142 valence electrons. The number of hydrogen-bond acceptors (Lipinski definition) is 4. The van der Waals surface area contributed by atoms with Crippen molar-refractivity contribution in [2.75, 3.05) is 6.26 Å². The van der Waals surface area contributed by atoms with Gasteiger partial charge >= 0.3 is 0 Å². The molecule has 0 spiro atoms. The van der Waals surface area contributed by atoms with E-state index in [-0.39, 0.29) is 11.5 Å². The summed E-state index contributed by atoms with van der Waals surface area (Å²) in [7, 11) is -3.15. The van der Waals surface area contributed by atoms with Gasteiger partial charge in [-0.2, -0.15) is 0 Å². The highest BCUT2D eigenvalue weighted by Gasteiger charge is 2.27. The summed E-state index contributed by atoms with van der Waals surface area (Å²) in [5.41, 5.74) is 1.61. The average molecular weight is 369 g/mol. The van der Waals surface area contributed by atoms with E-state index in [1.165, 1.54) is 6.26 Å². The number of aliphatic hydroxyl groups is 1. The summed E-state index contributed by atoms with van der Waals surface area (Å²) in [6.07, 6.45) is 2.49. The van der Waals surface area contributed by atoms with Crippen LogP contribution in [-0.2, 0) is 21.2 Å². The van der Waals surface area contributed by atoms with Gasteiger partial charge in [-0.3, -0.25) is 0 Å². The maximum atomic E-state index is 11.7. The van der Waals surface area contributed by atoms with E-state index < -0.39 is 21.2 Å². The maximum Gasteiger partial charge on any atom is 0.153 e. The lowest BCUT2D eigenvalue weighted by molar-refractivity contribution is -0.0123. The number of ether oxygens (including phenoxy) is 1. The molecule has 0 amide bonds. The van der Waals surface area contributed by atoms with Crippen molar-refractivity contribution in [1.82, 2.24) is 0 Å². The minimum absolute atomic E-state index is 0.267. The second-order valence-corrected chi connectivity index (χ2v) is 10.3. The Kier molecular flexibility index (Phi) is 7.85. The molecule has 5 heteroatoms. The van der Waals surface area contributed by atoms with Gasteiger partial charge in [0.1, 0.15) is 0 Å². The molecule has 0 aliphatic rings. The van der Waals surface area contributed by atoms with Crippen LogP contribution in [-0.4, -0.2) is 37.2 Å². The molecule has 0 unspecified atom stereocenters. The van der Waals surface area contributed by atoms with E-state index >= 15 is 0 Å². The quantitative estimate of drug-likeness (QED) is 0.710. The average Bonchev–Trinajstić information content (AvgIpc) is 2.50. The summed E-state index contributed by atoms with van der Waals surface area (Å²) >= 11 is 0. The Labute approximate surface area is 152 Å². The molecule has 1 N–H and O–H groups in total. The summed E-state index contributed by atoms with van der Waals surface area (Å²) in [5.74, 6) is 0. The number of rotatable bonds is 8. The van der Waals surface area contributed by atoms with E-state index in [1.807, 2.05) is 58.0 Å². The molecule has 0 saturated heterocycles. The lowest BCUT2D eigenvalue weighted by atomic mass is 9.85. The fourth-order valence-corrected chi connectivity index (χ4v) is 2.78. The molecule has 0 aliphatic carbocycles. The SMILES string of the molecule is C/C(=C\[C@@H](C)S(C)(=O)=O)[C@@H](C[C@@H](O)C(C)(C)C)OCc1ccccc1. The van der Waals surface area contributed by atoms with Crippen LogP contribution in [0.3, 0.4) is 0 Å². The van der Waals surface area contributed by atoms with Crippen LogP contribution in [0.2, 0.25) is 0 Å². The van der Waals surface area contributed by atoms with Crippen LogP contribution < -0.4 is 0 Å². The number of sulfone groups is 1. The first-order valence-corrected chi connectivity index (χ1v) is 10.6. The minimum Gasteiger partial charge on any atom is -0.392 e. The van der Waals surface area contributed by atoms with Gasteiger partial charge in [0.25, 0.3) is 0 Å². The second-order valence-electron chi connectivity index (χ2n) is 7.85. The molecule has 1 aromatic carbocycles. The highest BCUT2D eigenvalue weighted by molar-refractivity contribution is 7.91. The highest BCUT2D eigenvalue weighted by Crippen LogP contribution is 2.26. The summed E-state index contributed by atoms with van der Waals surface area (Å²) < 4.78 is 29.5. The van der Waals surface area contributed by atoms with Gasteiger partial charge in [-0.25, -0.2) is 8.42 Å². The van der Waals surface area contributed by atoms with Crippen LogP contribution in [0.5, 0.6) is 0 Å². The number of hydrogen-bond donors (Lipinski definition) is 1. The van der Waals surface area contributed by atoms with Gasteiger partial charge in [-0.1, -0.05) is 57.2 Å². The molecule has 0 bridgehead atoms. The van der Waals surface area contributed by atoms with Crippen LogP contribution in [0.1, 0.15) is 46.6 Å². The Morgan fingerprint density at radius 2 is 1.80 bits per heavy atom. The van der Waals surface area contributed by atoms with E-state index in [9.17, 15) is 13.5 Å². The Balaban J connectivity index is 2.95. The molecule has 0 aliphatic heterocycles. The van der Waals surface area contributed by atoms with Crippen molar-refractivity contribution in [3.63, 3.8) is 0 Å². The number of benzene rings is 1. The Morgan fingerprint density at radius 3 is 2.28 bits per heavy atom. The van der Waals surface area contributed by atoms with Crippen LogP contribution in [0.15, 0.2) is 42.0 Å². The van der Waals surface area contributed by atoms with E-state index in [1.54, 1.807) is 13.0 Å². The first kappa shape index (κ1) is 21.9. The van der Waals surface area contributed by atoms with E-state index in [0.717, 1.165) is 11.1 Å². The predicted molar refractivity (Wildman–Crippen MR) is 103 cm³/mol. The molecule has 0 heterocycles. The van der Waals surface area contributed by atoms with Crippen molar-refractivity contribution in [2.24, 2.45) is 5.41 Å². The third-order valence-corrected chi connectivity index (χ3v) is 5.90. The molecule has 0 saturated carbocycles. The molecule has 0 fully saturated rings. The summed E-state index contributed by atoms with van der Waals surface area (Å²) in [4.78, 5) is 0. The topological polar surface area (TPSA) is 63.6 Å². The Hall–Kier alpha value is -1.17. The van der Waals surface area contributed by atoms with Gasteiger partial charge in [0.2, 0.25) is 0 Å². The molecular formula is C20H32O4S. The van der Waals surface area contributed by atoms with Crippen LogP contribution in [0, 0.1) is 5.41 Å². The molecule has 0 aromatic heterocycles. The number of aliphatic hydroxyl groups excluding tert-OH is 1.